The van der Waals surface area contributed by atoms with Gasteiger partial charge in [0.05, 0.1) is 12.6 Å². The molecule has 4 rings (SSSR count). The lowest BCUT2D eigenvalue weighted by molar-refractivity contribution is 0.167. The van der Waals surface area contributed by atoms with Gasteiger partial charge in [-0.25, -0.2) is 9.78 Å². The highest BCUT2D eigenvalue weighted by Crippen LogP contribution is 2.35. The minimum Gasteiger partial charge on any atom is -0.490 e. The Morgan fingerprint density at radius 1 is 1.19 bits per heavy atom. The summed E-state index contributed by atoms with van der Waals surface area (Å²) >= 11 is 1.79. The number of nitrogens with one attached hydrogen (secondary N) is 1. The van der Waals surface area contributed by atoms with Gasteiger partial charge >= 0.3 is 6.03 Å². The van der Waals surface area contributed by atoms with Gasteiger partial charge in [0, 0.05) is 30.2 Å². The van der Waals surface area contributed by atoms with Crippen LogP contribution in [0, 0.1) is 0 Å². The number of thiophene rings is 1. The summed E-state index contributed by atoms with van der Waals surface area (Å²) < 4.78 is 11.4. The molecule has 0 saturated carbocycles. The highest BCUT2D eigenvalue weighted by molar-refractivity contribution is 7.10. The summed E-state index contributed by atoms with van der Waals surface area (Å²) in [7, 11) is 0. The smallest absolute Gasteiger partial charge is 0.318 e. The molecule has 1 unspecified atom stereocenters. The Morgan fingerprint density at radius 3 is 2.77 bits per heavy atom. The van der Waals surface area contributed by atoms with E-state index < -0.39 is 0 Å². The van der Waals surface area contributed by atoms with Crippen LogP contribution in [0.1, 0.15) is 42.3 Å². The van der Waals surface area contributed by atoms with Gasteiger partial charge in [-0.2, -0.15) is 0 Å². The van der Waals surface area contributed by atoms with Gasteiger partial charge < -0.3 is 19.7 Å². The first-order valence-corrected chi connectivity index (χ1v) is 11.5. The van der Waals surface area contributed by atoms with E-state index in [1.165, 1.54) is 10.4 Å². The molecule has 3 aromatic rings. The third-order valence-corrected chi connectivity index (χ3v) is 6.34. The second-order valence-corrected chi connectivity index (χ2v) is 8.31. The lowest BCUT2D eigenvalue weighted by atomic mass is 9.98. The number of nitrogens with zero attached hydrogens (tertiary/aromatic N) is 2. The van der Waals surface area contributed by atoms with E-state index in [0.29, 0.717) is 30.5 Å². The molecule has 2 aromatic heterocycles. The molecule has 2 amide bonds. The molecule has 0 spiro atoms. The fraction of sp³-hybridized carbons (Fsp3) is 0.333. The molecule has 0 aliphatic carbocycles. The zero-order valence-electron chi connectivity index (χ0n) is 17.8. The van der Waals surface area contributed by atoms with Crippen LogP contribution in [0.2, 0.25) is 0 Å². The highest BCUT2D eigenvalue weighted by Gasteiger charge is 2.30. The zero-order chi connectivity index (χ0) is 21.6. The molecule has 1 aliphatic rings. The molecule has 0 bridgehead atoms. The third-order valence-electron chi connectivity index (χ3n) is 5.35. The molecule has 7 heteroatoms. The summed E-state index contributed by atoms with van der Waals surface area (Å²) in [4.78, 5) is 20.6. The van der Waals surface area contributed by atoms with E-state index >= 15 is 0 Å². The highest BCUT2D eigenvalue weighted by atomic mass is 32.1. The molecule has 3 heterocycles. The normalized spacial score (nSPS) is 15.3. The fourth-order valence-electron chi connectivity index (χ4n) is 3.86. The number of carbonyl (C=O) groups excluding carboxylic acids is 1. The van der Waals surface area contributed by atoms with Gasteiger partial charge in [-0.1, -0.05) is 25.1 Å². The van der Waals surface area contributed by atoms with Crippen molar-refractivity contribution in [3.63, 3.8) is 0 Å². The predicted molar refractivity (Wildman–Crippen MR) is 122 cm³/mol. The molecule has 1 atom stereocenters. The van der Waals surface area contributed by atoms with Gasteiger partial charge in [-0.05, 0) is 54.5 Å². The molecule has 31 heavy (non-hydrogen) atoms. The maximum absolute atomic E-state index is 12.8. The van der Waals surface area contributed by atoms with Gasteiger partial charge in [0.25, 0.3) is 0 Å². The van der Waals surface area contributed by atoms with Crippen LogP contribution in [0.25, 0.3) is 0 Å². The Balaban J connectivity index is 1.35. The number of para-hydroxylation sites is 2. The molecular weight excluding hydrogens is 410 g/mol. The van der Waals surface area contributed by atoms with Crippen molar-refractivity contribution in [3.8, 4) is 17.4 Å². The Hall–Kier alpha value is -3.06. The molecular formula is C24H27N3O3S. The number of fused-ring (bicyclic) bond motifs is 1. The monoisotopic (exact) mass is 437 g/mol. The van der Waals surface area contributed by atoms with Crippen LogP contribution in [0.3, 0.4) is 0 Å². The van der Waals surface area contributed by atoms with Gasteiger partial charge in [0.1, 0.15) is 0 Å². The SMILES string of the molecule is CCOc1ccccc1Oc1ccc(CNC(=O)N2CCc3sccc3C2CC)cn1. The van der Waals surface area contributed by atoms with E-state index in [2.05, 4.69) is 28.7 Å². The van der Waals surface area contributed by atoms with Gasteiger partial charge in [-0.3, -0.25) is 0 Å². The van der Waals surface area contributed by atoms with Crippen molar-refractivity contribution < 1.29 is 14.3 Å². The molecule has 0 fully saturated rings. The van der Waals surface area contributed by atoms with Crippen molar-refractivity contribution in [2.24, 2.45) is 0 Å². The van der Waals surface area contributed by atoms with Crippen molar-refractivity contribution >= 4 is 17.4 Å². The summed E-state index contributed by atoms with van der Waals surface area (Å²) in [5, 5.41) is 5.16. The number of urea groups is 1. The number of pyridine rings is 1. The minimum atomic E-state index is -0.0327. The topological polar surface area (TPSA) is 63.7 Å². The summed E-state index contributed by atoms with van der Waals surface area (Å²) in [6.45, 7) is 5.80. The number of carbonyl (C=O) groups is 1. The zero-order valence-corrected chi connectivity index (χ0v) is 18.7. The maximum Gasteiger partial charge on any atom is 0.318 e. The number of hydrogen-bond donors (Lipinski definition) is 1. The van der Waals surface area contributed by atoms with Crippen LogP contribution >= 0.6 is 11.3 Å². The van der Waals surface area contributed by atoms with E-state index in [-0.39, 0.29) is 12.1 Å². The van der Waals surface area contributed by atoms with Crippen LogP contribution in [-0.2, 0) is 13.0 Å². The first kappa shape index (κ1) is 21.2. The van der Waals surface area contributed by atoms with E-state index in [1.807, 2.05) is 42.2 Å². The largest absolute Gasteiger partial charge is 0.490 e. The second-order valence-electron chi connectivity index (χ2n) is 7.31. The number of hydrogen-bond acceptors (Lipinski definition) is 5. The average Bonchev–Trinajstić information content (AvgIpc) is 3.28. The van der Waals surface area contributed by atoms with E-state index in [9.17, 15) is 4.79 Å². The first-order chi connectivity index (χ1) is 15.2. The van der Waals surface area contributed by atoms with Gasteiger partial charge in [0.15, 0.2) is 11.5 Å². The molecule has 0 saturated heterocycles. The molecule has 1 aliphatic heterocycles. The Morgan fingerprint density at radius 2 is 2.03 bits per heavy atom. The second kappa shape index (κ2) is 9.83. The third kappa shape index (κ3) is 4.82. The van der Waals surface area contributed by atoms with E-state index in [1.54, 1.807) is 23.6 Å². The maximum atomic E-state index is 12.8. The standard InChI is InChI=1S/C24H27N3O3S/c1-3-19-18-12-14-31-22(18)11-13-27(19)24(28)26-16-17-9-10-23(25-15-17)30-21-8-6-5-7-20(21)29-4-2/h5-10,12,14-15,19H,3-4,11,13,16H2,1-2H3,(H,26,28). The van der Waals surface area contributed by atoms with Crippen LogP contribution in [0.4, 0.5) is 4.79 Å². The molecule has 0 radical (unpaired) electrons. The number of benzene rings is 1. The summed E-state index contributed by atoms with van der Waals surface area (Å²) in [6.07, 6.45) is 3.56. The quantitative estimate of drug-likeness (QED) is 0.526. The lowest BCUT2D eigenvalue weighted by Gasteiger charge is -2.35. The molecule has 1 aromatic carbocycles. The van der Waals surface area contributed by atoms with Crippen LogP contribution in [0.5, 0.6) is 17.4 Å². The van der Waals surface area contributed by atoms with E-state index in [4.69, 9.17) is 9.47 Å². The van der Waals surface area contributed by atoms with Crippen molar-refractivity contribution in [3.05, 3.63) is 70.0 Å². The van der Waals surface area contributed by atoms with Crippen LogP contribution in [-0.4, -0.2) is 29.1 Å². The van der Waals surface area contributed by atoms with Gasteiger partial charge in [0.2, 0.25) is 5.88 Å². The number of amides is 2. The Labute approximate surface area is 186 Å². The minimum absolute atomic E-state index is 0.0327. The van der Waals surface area contributed by atoms with Gasteiger partial charge in [-0.15, -0.1) is 11.3 Å². The van der Waals surface area contributed by atoms with Crippen LogP contribution < -0.4 is 14.8 Å². The summed E-state index contributed by atoms with van der Waals surface area (Å²) in [5.41, 5.74) is 2.21. The average molecular weight is 438 g/mol. The lowest BCUT2D eigenvalue weighted by Crippen LogP contribution is -2.44. The van der Waals surface area contributed by atoms with Crippen molar-refractivity contribution in [1.29, 1.82) is 0 Å². The summed E-state index contributed by atoms with van der Waals surface area (Å²) in [5.74, 6) is 1.79. The first-order valence-electron chi connectivity index (χ1n) is 10.6. The molecule has 162 valence electrons. The van der Waals surface area contributed by atoms with Crippen molar-refractivity contribution in [2.45, 2.75) is 39.3 Å². The number of ether oxygens (including phenoxy) is 2. The number of aromatic nitrogens is 1. The molecule has 1 N–H and O–H groups in total. The van der Waals surface area contributed by atoms with Crippen LogP contribution in [0.15, 0.2) is 54.0 Å². The van der Waals surface area contributed by atoms with E-state index in [0.717, 1.165) is 24.9 Å². The Bertz CT molecular complexity index is 1020. The predicted octanol–water partition coefficient (Wildman–Crippen LogP) is 5.55. The van der Waals surface area contributed by atoms with Crippen molar-refractivity contribution in [2.75, 3.05) is 13.2 Å². The summed E-state index contributed by atoms with van der Waals surface area (Å²) in [6, 6.07) is 13.5. The molecule has 6 nitrogen and oxygen atoms in total. The number of rotatable bonds is 7. The fourth-order valence-corrected chi connectivity index (χ4v) is 4.78. The van der Waals surface area contributed by atoms with Crippen molar-refractivity contribution in [1.82, 2.24) is 15.2 Å². The Kier molecular flexibility index (Phi) is 6.72.